The van der Waals surface area contributed by atoms with E-state index in [0.29, 0.717) is 13.1 Å². The number of hydrogen-bond acceptors (Lipinski definition) is 4. The Labute approximate surface area is 108 Å². The van der Waals surface area contributed by atoms with Gasteiger partial charge in [-0.05, 0) is 19.8 Å². The van der Waals surface area contributed by atoms with Gasteiger partial charge in [-0.2, -0.15) is 0 Å². The van der Waals surface area contributed by atoms with Crippen LogP contribution in [0.25, 0.3) is 0 Å². The van der Waals surface area contributed by atoms with E-state index in [0.717, 1.165) is 25.9 Å². The maximum Gasteiger partial charge on any atom is 0.239 e. The van der Waals surface area contributed by atoms with Crippen molar-refractivity contribution in [2.75, 3.05) is 39.8 Å². The van der Waals surface area contributed by atoms with Crippen molar-refractivity contribution in [1.29, 1.82) is 0 Å². The van der Waals surface area contributed by atoms with E-state index >= 15 is 0 Å². The Morgan fingerprint density at radius 2 is 2.00 bits per heavy atom. The average Bonchev–Trinajstić information content (AvgIpc) is 2.38. The molecule has 1 aliphatic heterocycles. The number of rotatable bonds is 5. The van der Waals surface area contributed by atoms with Crippen molar-refractivity contribution >= 4 is 11.8 Å². The summed E-state index contributed by atoms with van der Waals surface area (Å²) in [5.41, 5.74) is 5.82. The van der Waals surface area contributed by atoms with Crippen LogP contribution in [-0.2, 0) is 9.59 Å². The minimum Gasteiger partial charge on any atom is -0.358 e. The quantitative estimate of drug-likeness (QED) is 0.661. The summed E-state index contributed by atoms with van der Waals surface area (Å²) in [6, 6.07) is 0.268. The number of piperidine rings is 1. The Hall–Kier alpha value is -1.14. The van der Waals surface area contributed by atoms with Crippen LogP contribution >= 0.6 is 0 Å². The number of likely N-dealkylation sites (N-methyl/N-ethyl adjacent to an activating group) is 2. The van der Waals surface area contributed by atoms with Crippen LogP contribution in [0.1, 0.15) is 19.8 Å². The van der Waals surface area contributed by atoms with Gasteiger partial charge in [0.1, 0.15) is 0 Å². The number of amides is 2. The van der Waals surface area contributed by atoms with Crippen LogP contribution in [0.3, 0.4) is 0 Å². The van der Waals surface area contributed by atoms with Crippen molar-refractivity contribution in [2.45, 2.75) is 25.8 Å². The summed E-state index contributed by atoms with van der Waals surface area (Å²) >= 11 is 0. The van der Waals surface area contributed by atoms with Crippen LogP contribution in [0.4, 0.5) is 0 Å². The molecule has 0 atom stereocenters. The molecule has 6 nitrogen and oxygen atoms in total. The number of carbonyl (C=O) groups excluding carboxylic acids is 2. The third-order valence-electron chi connectivity index (χ3n) is 3.34. The predicted octanol–water partition coefficient (Wildman–Crippen LogP) is -0.996. The number of nitrogens with two attached hydrogens (primary N) is 1. The van der Waals surface area contributed by atoms with Crippen LogP contribution in [0.15, 0.2) is 0 Å². The van der Waals surface area contributed by atoms with Gasteiger partial charge in [-0.3, -0.25) is 14.5 Å². The first-order valence-corrected chi connectivity index (χ1v) is 6.53. The van der Waals surface area contributed by atoms with Gasteiger partial charge in [-0.15, -0.1) is 0 Å². The molecule has 0 radical (unpaired) electrons. The predicted molar refractivity (Wildman–Crippen MR) is 70.0 cm³/mol. The van der Waals surface area contributed by atoms with Crippen molar-refractivity contribution in [3.05, 3.63) is 0 Å². The van der Waals surface area contributed by atoms with Crippen molar-refractivity contribution < 1.29 is 9.59 Å². The fraction of sp³-hybridized carbons (Fsp3) is 0.833. The van der Waals surface area contributed by atoms with E-state index in [4.69, 9.17) is 5.73 Å². The Kier molecular flexibility index (Phi) is 6.07. The molecule has 1 aliphatic rings. The summed E-state index contributed by atoms with van der Waals surface area (Å²) < 4.78 is 0. The SMILES string of the molecule is CCN(CC(=O)NC)C(=O)CN1CCC(N)CC1. The molecule has 1 saturated heterocycles. The molecule has 1 heterocycles. The van der Waals surface area contributed by atoms with E-state index in [1.165, 1.54) is 0 Å². The molecule has 3 N–H and O–H groups in total. The van der Waals surface area contributed by atoms with E-state index in [9.17, 15) is 9.59 Å². The van der Waals surface area contributed by atoms with Gasteiger partial charge in [-0.1, -0.05) is 0 Å². The summed E-state index contributed by atoms with van der Waals surface area (Å²) in [5.74, 6) is -0.123. The van der Waals surface area contributed by atoms with Crippen LogP contribution < -0.4 is 11.1 Å². The molecule has 2 amide bonds. The third kappa shape index (κ3) is 4.62. The van der Waals surface area contributed by atoms with Gasteiger partial charge >= 0.3 is 0 Å². The Bertz CT molecular complexity index is 288. The molecule has 6 heteroatoms. The minimum atomic E-state index is -0.133. The third-order valence-corrected chi connectivity index (χ3v) is 3.34. The molecular weight excluding hydrogens is 232 g/mol. The fourth-order valence-corrected chi connectivity index (χ4v) is 2.03. The molecule has 0 aromatic carbocycles. The maximum absolute atomic E-state index is 12.0. The van der Waals surface area contributed by atoms with Crippen molar-refractivity contribution in [3.8, 4) is 0 Å². The fourth-order valence-electron chi connectivity index (χ4n) is 2.03. The normalized spacial score (nSPS) is 17.5. The van der Waals surface area contributed by atoms with E-state index in [-0.39, 0.29) is 24.4 Å². The zero-order chi connectivity index (χ0) is 13.5. The van der Waals surface area contributed by atoms with E-state index < -0.39 is 0 Å². The van der Waals surface area contributed by atoms with Gasteiger partial charge in [0.15, 0.2) is 0 Å². The molecule has 104 valence electrons. The second-order valence-corrected chi connectivity index (χ2v) is 4.69. The molecule has 0 aliphatic carbocycles. The second kappa shape index (κ2) is 7.33. The number of nitrogens with one attached hydrogen (secondary N) is 1. The molecule has 0 unspecified atom stereocenters. The molecule has 0 spiro atoms. The highest BCUT2D eigenvalue weighted by Crippen LogP contribution is 2.08. The van der Waals surface area contributed by atoms with E-state index in [1.54, 1.807) is 11.9 Å². The van der Waals surface area contributed by atoms with Crippen LogP contribution in [0, 0.1) is 0 Å². The first-order chi connectivity index (χ1) is 8.56. The molecule has 1 fully saturated rings. The van der Waals surface area contributed by atoms with E-state index in [2.05, 4.69) is 10.2 Å². The number of hydrogen-bond donors (Lipinski definition) is 2. The average molecular weight is 256 g/mol. The molecule has 1 rings (SSSR count). The maximum atomic E-state index is 12.0. The summed E-state index contributed by atoms with van der Waals surface area (Å²) in [7, 11) is 1.58. The lowest BCUT2D eigenvalue weighted by atomic mass is 10.1. The highest BCUT2D eigenvalue weighted by atomic mass is 16.2. The smallest absolute Gasteiger partial charge is 0.239 e. The second-order valence-electron chi connectivity index (χ2n) is 4.69. The highest BCUT2D eigenvalue weighted by Gasteiger charge is 2.21. The van der Waals surface area contributed by atoms with Gasteiger partial charge < -0.3 is 16.0 Å². The van der Waals surface area contributed by atoms with Crippen molar-refractivity contribution in [2.24, 2.45) is 5.73 Å². The zero-order valence-corrected chi connectivity index (χ0v) is 11.3. The monoisotopic (exact) mass is 256 g/mol. The van der Waals surface area contributed by atoms with Gasteiger partial charge in [-0.25, -0.2) is 0 Å². The van der Waals surface area contributed by atoms with Gasteiger partial charge in [0, 0.05) is 32.7 Å². The zero-order valence-electron chi connectivity index (χ0n) is 11.3. The number of likely N-dealkylation sites (tertiary alicyclic amines) is 1. The number of carbonyl (C=O) groups is 2. The standard InChI is InChI=1S/C12H24N4O2/c1-3-16(8-11(17)14-2)12(18)9-15-6-4-10(13)5-7-15/h10H,3-9,13H2,1-2H3,(H,14,17). The molecule has 0 aromatic heterocycles. The summed E-state index contributed by atoms with van der Waals surface area (Å²) in [6.07, 6.45) is 1.88. The lowest BCUT2D eigenvalue weighted by Crippen LogP contribution is -2.47. The molecule has 18 heavy (non-hydrogen) atoms. The largest absolute Gasteiger partial charge is 0.358 e. The minimum absolute atomic E-state index is 0.0107. The van der Waals surface area contributed by atoms with Crippen LogP contribution in [0.5, 0.6) is 0 Å². The first kappa shape index (κ1) is 14.9. The number of nitrogens with zero attached hydrogens (tertiary/aromatic N) is 2. The van der Waals surface area contributed by atoms with Crippen molar-refractivity contribution in [1.82, 2.24) is 15.1 Å². The molecule has 0 aromatic rings. The lowest BCUT2D eigenvalue weighted by Gasteiger charge is -2.31. The Morgan fingerprint density at radius 1 is 1.39 bits per heavy atom. The Morgan fingerprint density at radius 3 is 2.50 bits per heavy atom. The lowest BCUT2D eigenvalue weighted by molar-refractivity contribution is -0.136. The molecule has 0 bridgehead atoms. The van der Waals surface area contributed by atoms with E-state index in [1.807, 2.05) is 6.92 Å². The van der Waals surface area contributed by atoms with Gasteiger partial charge in [0.05, 0.1) is 13.1 Å². The first-order valence-electron chi connectivity index (χ1n) is 6.53. The van der Waals surface area contributed by atoms with Crippen molar-refractivity contribution in [3.63, 3.8) is 0 Å². The summed E-state index contributed by atoms with van der Waals surface area (Å²) in [5, 5.41) is 2.53. The summed E-state index contributed by atoms with van der Waals surface area (Å²) in [6.45, 7) is 4.69. The van der Waals surface area contributed by atoms with Gasteiger partial charge in [0.25, 0.3) is 0 Å². The summed E-state index contributed by atoms with van der Waals surface area (Å²) in [4.78, 5) is 27.0. The Balaban J connectivity index is 2.39. The highest BCUT2D eigenvalue weighted by molar-refractivity contribution is 5.85. The topological polar surface area (TPSA) is 78.7 Å². The molecular formula is C12H24N4O2. The van der Waals surface area contributed by atoms with Crippen LogP contribution in [-0.4, -0.2) is 67.4 Å². The van der Waals surface area contributed by atoms with Crippen LogP contribution in [0.2, 0.25) is 0 Å². The van der Waals surface area contributed by atoms with Gasteiger partial charge in [0.2, 0.25) is 11.8 Å². The molecule has 0 saturated carbocycles.